The van der Waals surface area contributed by atoms with Crippen LogP contribution in [0.4, 0.5) is 4.79 Å². The maximum Gasteiger partial charge on any atom is 0.508 e. The first-order valence-corrected chi connectivity index (χ1v) is 13.5. The summed E-state index contributed by atoms with van der Waals surface area (Å²) in [4.78, 5) is 46.5. The zero-order valence-corrected chi connectivity index (χ0v) is 22.5. The average molecular weight is 572 g/mol. The van der Waals surface area contributed by atoms with E-state index in [0.717, 1.165) is 17.6 Å². The van der Waals surface area contributed by atoms with E-state index in [0.29, 0.717) is 0 Å². The third-order valence-corrected chi connectivity index (χ3v) is 7.19. The molecule has 1 aliphatic carbocycles. The smallest absolute Gasteiger partial charge is 0.434 e. The lowest BCUT2D eigenvalue weighted by atomic mass is 10.1. The van der Waals surface area contributed by atoms with Crippen LogP contribution < -0.4 is 10.6 Å². The zero-order chi connectivity index (χ0) is 27.7. The van der Waals surface area contributed by atoms with Gasteiger partial charge in [-0.05, 0) is 24.2 Å². The average Bonchev–Trinajstić information content (AvgIpc) is 3.39. The minimum atomic E-state index is -4.42. The van der Waals surface area contributed by atoms with Crippen molar-refractivity contribution in [3.8, 4) is 0 Å². The first-order valence-electron chi connectivity index (χ1n) is 11.6. The van der Waals surface area contributed by atoms with Crippen LogP contribution in [0.3, 0.4) is 0 Å². The highest BCUT2D eigenvalue weighted by atomic mass is 32.1. The molecule has 0 bridgehead atoms. The molecule has 2 aliphatic rings. The Morgan fingerprint density at radius 3 is 2.45 bits per heavy atom. The van der Waals surface area contributed by atoms with Gasteiger partial charge in [-0.25, -0.2) is 9.36 Å². The van der Waals surface area contributed by atoms with E-state index < -0.39 is 50.0 Å². The van der Waals surface area contributed by atoms with Crippen molar-refractivity contribution in [2.75, 3.05) is 33.9 Å². The highest BCUT2D eigenvalue weighted by Gasteiger charge is 2.48. The summed E-state index contributed by atoms with van der Waals surface area (Å²) in [5.41, 5.74) is 0.785. The maximum atomic E-state index is 12.2. The minimum absolute atomic E-state index is 0.0231. The van der Waals surface area contributed by atoms with Crippen LogP contribution in [0.5, 0.6) is 0 Å². The van der Waals surface area contributed by atoms with Crippen molar-refractivity contribution in [2.24, 2.45) is 5.92 Å². The number of hydrogen-bond acceptors (Lipinski definition) is 10. The van der Waals surface area contributed by atoms with Gasteiger partial charge < -0.3 is 29.7 Å². The first-order chi connectivity index (χ1) is 18.1. The van der Waals surface area contributed by atoms with E-state index in [1.165, 1.54) is 19.3 Å². The van der Waals surface area contributed by atoms with E-state index in [9.17, 15) is 23.8 Å². The van der Waals surface area contributed by atoms with Gasteiger partial charge in [-0.2, -0.15) is 0 Å². The molecule has 38 heavy (non-hydrogen) atoms. The lowest BCUT2D eigenvalue weighted by Crippen LogP contribution is -2.49. The topological polar surface area (TPSA) is 162 Å². The van der Waals surface area contributed by atoms with Crippen molar-refractivity contribution in [1.82, 2.24) is 15.5 Å². The predicted molar refractivity (Wildman–Crippen MR) is 137 cm³/mol. The van der Waals surface area contributed by atoms with Crippen molar-refractivity contribution in [1.29, 1.82) is 0 Å². The summed E-state index contributed by atoms with van der Waals surface area (Å²) in [5, 5.41) is 6.16. The highest BCUT2D eigenvalue weighted by Crippen LogP contribution is 2.48. The number of carbonyl (C=O) groups is 3. The molecule has 3 N–H and O–H groups in total. The van der Waals surface area contributed by atoms with Crippen LogP contribution in [0.1, 0.15) is 12.0 Å². The Labute approximate surface area is 225 Å². The molecule has 1 saturated carbocycles. The Morgan fingerprint density at radius 1 is 1.13 bits per heavy atom. The third kappa shape index (κ3) is 8.32. The van der Waals surface area contributed by atoms with Gasteiger partial charge in [-0.3, -0.25) is 23.5 Å². The molecule has 1 aromatic carbocycles. The van der Waals surface area contributed by atoms with Crippen LogP contribution in [0, 0.1) is 5.92 Å². The van der Waals surface area contributed by atoms with Gasteiger partial charge in [-0.1, -0.05) is 30.3 Å². The van der Waals surface area contributed by atoms with E-state index in [1.807, 2.05) is 18.2 Å². The van der Waals surface area contributed by atoms with E-state index in [2.05, 4.69) is 15.2 Å². The van der Waals surface area contributed by atoms with E-state index in [-0.39, 0.29) is 37.8 Å². The van der Waals surface area contributed by atoms with Gasteiger partial charge in [0, 0.05) is 45.4 Å². The molecule has 0 saturated heterocycles. The fraction of sp³-hybridized carbons (Fsp3) is 0.478. The predicted octanol–water partition coefficient (Wildman–Crippen LogP) is 1.26. The van der Waals surface area contributed by atoms with Crippen molar-refractivity contribution in [2.45, 2.75) is 31.3 Å². The second kappa shape index (κ2) is 13.8. The second-order valence-corrected chi connectivity index (χ2v) is 10.3. The minimum Gasteiger partial charge on any atom is -0.434 e. The number of thiocarbonyl (C=S) groups is 1. The Balaban J connectivity index is 1.56. The largest absolute Gasteiger partial charge is 0.508 e. The van der Waals surface area contributed by atoms with Gasteiger partial charge >= 0.3 is 14.0 Å². The molecule has 0 radical (unpaired) electrons. The van der Waals surface area contributed by atoms with Crippen LogP contribution in [0.2, 0.25) is 0 Å². The van der Waals surface area contributed by atoms with Crippen LogP contribution >= 0.6 is 20.0 Å². The third-order valence-electron chi connectivity index (χ3n) is 5.95. The van der Waals surface area contributed by atoms with Crippen molar-refractivity contribution < 1.29 is 47.1 Å². The van der Waals surface area contributed by atoms with Crippen molar-refractivity contribution >= 4 is 43.1 Å². The fourth-order valence-electron chi connectivity index (χ4n) is 4.12. The molecular weight excluding hydrogens is 541 g/mol. The number of benzene rings is 1. The number of phosphoric ester groups is 1. The number of nitrogens with zero attached hydrogens (tertiary/aromatic N) is 1. The molecule has 2 amide bonds. The molecule has 1 fully saturated rings. The number of phosphoric acid groups is 1. The first kappa shape index (κ1) is 29.7. The molecule has 2 unspecified atom stereocenters. The maximum absolute atomic E-state index is 12.2. The van der Waals surface area contributed by atoms with E-state index in [4.69, 9.17) is 31.0 Å². The Bertz CT molecular complexity index is 1070. The number of rotatable bonds is 12. The highest BCUT2D eigenvalue weighted by molar-refractivity contribution is 7.80. The molecule has 1 aliphatic heterocycles. The quantitative estimate of drug-likeness (QED) is 0.142. The summed E-state index contributed by atoms with van der Waals surface area (Å²) in [5.74, 6) is -1.38. The molecule has 208 valence electrons. The monoisotopic (exact) mass is 571 g/mol. The van der Waals surface area contributed by atoms with Gasteiger partial charge in [0.15, 0.2) is 5.11 Å². The molecule has 0 aromatic heterocycles. The number of ether oxygens (including phenoxy) is 3. The Hall–Kier alpha value is -2.87. The SMILES string of the molecule is CO[C@H]1C(OP(=O)(O)OC)[C@@H](COC(=O)OCc2ccccc2)C[C@H]1NC(=S)NCCN1C(=O)C=CC1=O. The number of carbonyl (C=O) groups excluding carboxylic acids is 3. The summed E-state index contributed by atoms with van der Waals surface area (Å²) >= 11 is 5.33. The van der Waals surface area contributed by atoms with E-state index >= 15 is 0 Å². The summed E-state index contributed by atoms with van der Waals surface area (Å²) in [7, 11) is -1.99. The van der Waals surface area contributed by atoms with Gasteiger partial charge in [0.05, 0.1) is 6.04 Å². The summed E-state index contributed by atoms with van der Waals surface area (Å²) in [6, 6.07) is 8.55. The lowest BCUT2D eigenvalue weighted by molar-refractivity contribution is -0.136. The van der Waals surface area contributed by atoms with Crippen molar-refractivity contribution in [3.05, 3.63) is 48.0 Å². The second-order valence-electron chi connectivity index (χ2n) is 8.42. The van der Waals surface area contributed by atoms with Gasteiger partial charge in [0.1, 0.15) is 25.4 Å². The summed E-state index contributed by atoms with van der Waals surface area (Å²) in [6.07, 6.45) is -0.00219. The Morgan fingerprint density at radius 2 is 1.82 bits per heavy atom. The Kier molecular flexibility index (Phi) is 10.8. The normalized spacial score (nSPS) is 24.2. The summed E-state index contributed by atoms with van der Waals surface area (Å²) in [6.45, 7) is 0.145. The fourth-order valence-corrected chi connectivity index (χ4v) is 5.06. The van der Waals surface area contributed by atoms with Crippen LogP contribution in [0.25, 0.3) is 0 Å². The molecular formula is C23H30N3O10PS. The molecule has 1 heterocycles. The standard InChI is InChI=1S/C23H30N3O10PS/c1-32-21-17(25-22(38)24-10-11-26-18(27)8-9-19(26)28)12-16(20(21)36-37(30,31)33-2)14-35-23(29)34-13-15-6-4-3-5-7-15/h3-9,16-17,20-21H,10-14H2,1-2H3,(H,30,31)(H2,24,25,38)/t16-,17-,20?,21-/m1/s1. The summed E-state index contributed by atoms with van der Waals surface area (Å²) < 4.78 is 38.0. The molecule has 5 atom stereocenters. The number of hydrogen-bond donors (Lipinski definition) is 3. The van der Waals surface area contributed by atoms with Crippen LogP contribution in [0.15, 0.2) is 42.5 Å². The number of nitrogens with one attached hydrogen (secondary N) is 2. The lowest BCUT2D eigenvalue weighted by Gasteiger charge is -2.27. The van der Waals surface area contributed by atoms with Gasteiger partial charge in [0.25, 0.3) is 11.8 Å². The van der Waals surface area contributed by atoms with Crippen LogP contribution in [-0.2, 0) is 44.0 Å². The van der Waals surface area contributed by atoms with Crippen molar-refractivity contribution in [3.63, 3.8) is 0 Å². The molecule has 0 spiro atoms. The van der Waals surface area contributed by atoms with Gasteiger partial charge in [0.2, 0.25) is 0 Å². The molecule has 13 nitrogen and oxygen atoms in total. The number of imide groups is 1. The molecule has 15 heteroatoms. The van der Waals surface area contributed by atoms with Crippen LogP contribution in [-0.4, -0.2) is 85.0 Å². The van der Waals surface area contributed by atoms with Gasteiger partial charge in [-0.15, -0.1) is 0 Å². The number of methoxy groups -OCH3 is 1. The zero-order valence-electron chi connectivity index (χ0n) is 20.8. The number of amides is 2. The molecule has 1 aromatic rings. The molecule has 3 rings (SSSR count). The van der Waals surface area contributed by atoms with E-state index in [1.54, 1.807) is 12.1 Å².